The molecular weight excluding hydrogens is 348 g/mol. The summed E-state index contributed by atoms with van der Waals surface area (Å²) in [5.41, 5.74) is 1.91. The molecule has 2 aromatic heterocycles. The Morgan fingerprint density at radius 2 is 1.96 bits per heavy atom. The Hall–Kier alpha value is -2.67. The van der Waals surface area contributed by atoms with Gasteiger partial charge >= 0.3 is 0 Å². The molecule has 1 atom stereocenters. The van der Waals surface area contributed by atoms with E-state index in [4.69, 9.17) is 0 Å². The van der Waals surface area contributed by atoms with E-state index in [0.29, 0.717) is 11.4 Å². The second-order valence-electron chi connectivity index (χ2n) is 6.47. The number of hydrogen-bond acceptors (Lipinski definition) is 4. The van der Waals surface area contributed by atoms with Crippen LogP contribution in [0.3, 0.4) is 0 Å². The van der Waals surface area contributed by atoms with E-state index < -0.39 is 6.04 Å². The van der Waals surface area contributed by atoms with Crippen LogP contribution in [0.25, 0.3) is 11.0 Å². The smallest absolute Gasteiger partial charge is 0.262 e. The minimum Gasteiger partial charge on any atom is -0.347 e. The Morgan fingerprint density at radius 1 is 1.19 bits per heavy atom. The number of imidazole rings is 1. The molecule has 0 aliphatic heterocycles. The van der Waals surface area contributed by atoms with E-state index in [0.717, 1.165) is 16.9 Å². The molecule has 0 fully saturated rings. The molecule has 3 rings (SSSR count). The van der Waals surface area contributed by atoms with E-state index in [1.807, 2.05) is 61.2 Å². The number of aryl methyl sites for hydroxylation is 1. The third-order valence-electron chi connectivity index (χ3n) is 4.28. The van der Waals surface area contributed by atoms with Crippen LogP contribution in [0, 0.1) is 5.92 Å². The van der Waals surface area contributed by atoms with E-state index in [-0.39, 0.29) is 17.7 Å². The van der Waals surface area contributed by atoms with Gasteiger partial charge in [0.1, 0.15) is 11.9 Å². The topological polar surface area (TPSA) is 76.0 Å². The molecule has 6 nitrogen and oxygen atoms in total. The van der Waals surface area contributed by atoms with Crippen LogP contribution in [-0.4, -0.2) is 27.4 Å². The standard InChI is InChI=1S/C19H22N4O2S/c1-12(2)17(22-18(24)15-9-6-10-26-15)19(25)20-11-16-21-13-7-4-5-8-14(13)23(16)3/h4-10,12,17H,11H2,1-3H3,(H,20,25)(H,22,24)/t17-/m1/s1. The quantitative estimate of drug-likeness (QED) is 0.700. The molecule has 2 heterocycles. The average Bonchev–Trinajstić information content (AvgIpc) is 3.26. The van der Waals surface area contributed by atoms with Gasteiger partial charge < -0.3 is 15.2 Å². The van der Waals surface area contributed by atoms with Gasteiger partial charge in [0.2, 0.25) is 5.91 Å². The molecule has 0 radical (unpaired) electrons. The molecular formula is C19H22N4O2S. The molecule has 26 heavy (non-hydrogen) atoms. The molecule has 0 bridgehead atoms. The predicted octanol–water partition coefficient (Wildman–Crippen LogP) is 2.71. The number of nitrogens with zero attached hydrogens (tertiary/aromatic N) is 2. The highest BCUT2D eigenvalue weighted by atomic mass is 32.1. The fraction of sp³-hybridized carbons (Fsp3) is 0.316. The van der Waals surface area contributed by atoms with E-state index in [9.17, 15) is 9.59 Å². The lowest BCUT2D eigenvalue weighted by molar-refractivity contribution is -0.124. The predicted molar refractivity (Wildman–Crippen MR) is 103 cm³/mol. The van der Waals surface area contributed by atoms with Crippen molar-refractivity contribution < 1.29 is 9.59 Å². The second-order valence-corrected chi connectivity index (χ2v) is 7.41. The highest BCUT2D eigenvalue weighted by Crippen LogP contribution is 2.14. The lowest BCUT2D eigenvalue weighted by atomic mass is 10.0. The van der Waals surface area contributed by atoms with Crippen LogP contribution in [0.1, 0.15) is 29.3 Å². The number of nitrogens with one attached hydrogen (secondary N) is 2. The maximum Gasteiger partial charge on any atom is 0.262 e. The SMILES string of the molecule is CC(C)[C@@H](NC(=O)c1cccs1)C(=O)NCc1nc2ccccc2n1C. The number of aromatic nitrogens is 2. The molecule has 0 saturated carbocycles. The Kier molecular flexibility index (Phi) is 5.37. The zero-order chi connectivity index (χ0) is 18.7. The Morgan fingerprint density at radius 3 is 2.62 bits per heavy atom. The average molecular weight is 370 g/mol. The van der Waals surface area contributed by atoms with Gasteiger partial charge in [-0.15, -0.1) is 11.3 Å². The molecule has 2 amide bonds. The van der Waals surface area contributed by atoms with Gasteiger partial charge in [-0.1, -0.05) is 32.0 Å². The van der Waals surface area contributed by atoms with Gasteiger partial charge in [0, 0.05) is 7.05 Å². The molecule has 2 N–H and O–H groups in total. The van der Waals surface area contributed by atoms with Gasteiger partial charge in [0.05, 0.1) is 22.5 Å². The van der Waals surface area contributed by atoms with Crippen molar-refractivity contribution in [3.05, 3.63) is 52.5 Å². The van der Waals surface area contributed by atoms with Crippen LogP contribution in [0.2, 0.25) is 0 Å². The van der Waals surface area contributed by atoms with Gasteiger partial charge in [-0.25, -0.2) is 4.98 Å². The van der Waals surface area contributed by atoms with Crippen LogP contribution >= 0.6 is 11.3 Å². The highest BCUT2D eigenvalue weighted by molar-refractivity contribution is 7.12. The van der Waals surface area contributed by atoms with Crippen molar-refractivity contribution in [3.63, 3.8) is 0 Å². The van der Waals surface area contributed by atoms with Gasteiger partial charge in [-0.05, 0) is 29.5 Å². The molecule has 0 aliphatic carbocycles. The molecule has 0 saturated heterocycles. The summed E-state index contributed by atoms with van der Waals surface area (Å²) in [5, 5.41) is 7.57. The largest absolute Gasteiger partial charge is 0.347 e. The van der Waals surface area contributed by atoms with Crippen LogP contribution in [-0.2, 0) is 18.4 Å². The van der Waals surface area contributed by atoms with Crippen LogP contribution < -0.4 is 10.6 Å². The van der Waals surface area contributed by atoms with Crippen molar-refractivity contribution in [2.45, 2.75) is 26.4 Å². The van der Waals surface area contributed by atoms with Crippen molar-refractivity contribution in [1.82, 2.24) is 20.2 Å². The maximum absolute atomic E-state index is 12.6. The minimum atomic E-state index is -0.598. The summed E-state index contributed by atoms with van der Waals surface area (Å²) in [7, 11) is 1.93. The summed E-state index contributed by atoms with van der Waals surface area (Å²) >= 11 is 1.35. The highest BCUT2D eigenvalue weighted by Gasteiger charge is 2.25. The molecule has 136 valence electrons. The van der Waals surface area contributed by atoms with Crippen LogP contribution in [0.15, 0.2) is 41.8 Å². The number of para-hydroxylation sites is 2. The Labute approximate surface area is 156 Å². The zero-order valence-corrected chi connectivity index (χ0v) is 15.8. The third kappa shape index (κ3) is 3.77. The lowest BCUT2D eigenvalue weighted by Crippen LogP contribution is -2.49. The zero-order valence-electron chi connectivity index (χ0n) is 15.0. The first kappa shape index (κ1) is 18.1. The third-order valence-corrected chi connectivity index (χ3v) is 5.15. The minimum absolute atomic E-state index is 0.0284. The van der Waals surface area contributed by atoms with Crippen molar-refractivity contribution in [1.29, 1.82) is 0 Å². The number of carbonyl (C=O) groups excluding carboxylic acids is 2. The summed E-state index contributed by atoms with van der Waals surface area (Å²) in [6.07, 6.45) is 0. The number of hydrogen-bond donors (Lipinski definition) is 2. The lowest BCUT2D eigenvalue weighted by Gasteiger charge is -2.21. The number of fused-ring (bicyclic) bond motifs is 1. The fourth-order valence-electron chi connectivity index (χ4n) is 2.78. The summed E-state index contributed by atoms with van der Waals surface area (Å²) < 4.78 is 1.96. The van der Waals surface area contributed by atoms with Crippen LogP contribution in [0.5, 0.6) is 0 Å². The van der Waals surface area contributed by atoms with E-state index in [1.54, 1.807) is 6.07 Å². The molecule has 1 aromatic carbocycles. The first-order valence-corrected chi connectivity index (χ1v) is 9.37. The Bertz CT molecular complexity index is 915. The Balaban J connectivity index is 1.67. The van der Waals surface area contributed by atoms with Crippen LogP contribution in [0.4, 0.5) is 0 Å². The summed E-state index contributed by atoms with van der Waals surface area (Å²) in [6, 6.07) is 10.8. The second kappa shape index (κ2) is 7.70. The van der Waals surface area contributed by atoms with Crippen molar-refractivity contribution in [3.8, 4) is 0 Å². The van der Waals surface area contributed by atoms with Gasteiger partial charge in [-0.2, -0.15) is 0 Å². The normalized spacial score (nSPS) is 12.3. The number of amides is 2. The summed E-state index contributed by atoms with van der Waals surface area (Å²) in [5.74, 6) is 0.305. The van der Waals surface area contributed by atoms with E-state index in [2.05, 4.69) is 15.6 Å². The molecule has 0 aliphatic rings. The van der Waals surface area contributed by atoms with Crippen molar-refractivity contribution in [2.75, 3.05) is 0 Å². The molecule has 7 heteroatoms. The van der Waals surface area contributed by atoms with Gasteiger partial charge in [0.15, 0.2) is 0 Å². The number of benzene rings is 1. The molecule has 0 spiro atoms. The monoisotopic (exact) mass is 370 g/mol. The van der Waals surface area contributed by atoms with Crippen molar-refractivity contribution in [2.24, 2.45) is 13.0 Å². The first-order chi connectivity index (χ1) is 12.5. The number of rotatable bonds is 6. The molecule has 0 unspecified atom stereocenters. The summed E-state index contributed by atoms with van der Waals surface area (Å²) in [4.78, 5) is 30.1. The van der Waals surface area contributed by atoms with Gasteiger partial charge in [-0.3, -0.25) is 9.59 Å². The molecule has 3 aromatic rings. The number of carbonyl (C=O) groups is 2. The van der Waals surface area contributed by atoms with E-state index in [1.165, 1.54) is 11.3 Å². The van der Waals surface area contributed by atoms with Crippen molar-refractivity contribution >= 4 is 34.2 Å². The van der Waals surface area contributed by atoms with E-state index >= 15 is 0 Å². The van der Waals surface area contributed by atoms with Gasteiger partial charge in [0.25, 0.3) is 5.91 Å². The fourth-order valence-corrected chi connectivity index (χ4v) is 3.41. The number of thiophene rings is 1. The first-order valence-electron chi connectivity index (χ1n) is 8.49. The maximum atomic E-state index is 12.6. The summed E-state index contributed by atoms with van der Waals surface area (Å²) in [6.45, 7) is 4.13.